The summed E-state index contributed by atoms with van der Waals surface area (Å²) < 4.78 is 33.4. The van der Waals surface area contributed by atoms with Crippen molar-refractivity contribution in [3.63, 3.8) is 0 Å². The number of carbonyl (C=O) groups excluding carboxylic acids is 1. The lowest BCUT2D eigenvalue weighted by Gasteiger charge is -2.21. The standard InChI is InChI=1S/C30H44O7/c1-22-26(28(33-4)30(35-6)29(34-5)27(22)32-3)21-24-15-17-25(18-16-24)37-20-14-12-10-8-7-9-11-13-19-36-23(2)31/h15-18H,7-14,19-21H2,1-6H3. The van der Waals surface area contributed by atoms with Crippen LogP contribution < -0.4 is 23.7 Å². The van der Waals surface area contributed by atoms with Crippen LogP contribution in [0.3, 0.4) is 0 Å². The predicted octanol–water partition coefficient (Wildman–Crippen LogP) is 6.68. The Morgan fingerprint density at radius 2 is 1.14 bits per heavy atom. The number of rotatable bonds is 18. The van der Waals surface area contributed by atoms with E-state index in [0.717, 1.165) is 48.3 Å². The number of hydrogen-bond donors (Lipinski definition) is 0. The van der Waals surface area contributed by atoms with E-state index in [-0.39, 0.29) is 5.97 Å². The zero-order valence-electron chi connectivity index (χ0n) is 23.4. The maximum atomic E-state index is 10.7. The molecule has 0 unspecified atom stereocenters. The van der Waals surface area contributed by atoms with Crippen molar-refractivity contribution in [3.8, 4) is 28.7 Å². The Bertz CT molecular complexity index is 954. The van der Waals surface area contributed by atoms with E-state index < -0.39 is 0 Å². The third-order valence-electron chi connectivity index (χ3n) is 6.42. The minimum Gasteiger partial charge on any atom is -0.494 e. The molecule has 2 aromatic rings. The van der Waals surface area contributed by atoms with Gasteiger partial charge in [-0.15, -0.1) is 0 Å². The smallest absolute Gasteiger partial charge is 0.302 e. The first-order chi connectivity index (χ1) is 18.0. The molecular weight excluding hydrogens is 472 g/mol. The molecule has 0 saturated carbocycles. The van der Waals surface area contributed by atoms with Gasteiger partial charge in [0.2, 0.25) is 11.5 Å². The SMILES string of the molecule is COc1c(C)c(Cc2ccc(OCCCCCCCCCCOC(C)=O)cc2)c(OC)c(OC)c1OC. The molecule has 2 aromatic carbocycles. The Balaban J connectivity index is 1.78. The van der Waals surface area contributed by atoms with Crippen LogP contribution in [0, 0.1) is 6.92 Å². The van der Waals surface area contributed by atoms with Crippen molar-refractivity contribution in [2.45, 2.75) is 71.6 Å². The monoisotopic (exact) mass is 516 g/mol. The molecule has 0 bridgehead atoms. The highest BCUT2D eigenvalue weighted by Crippen LogP contribution is 2.49. The molecule has 0 atom stereocenters. The maximum absolute atomic E-state index is 10.7. The van der Waals surface area contributed by atoms with E-state index in [0.29, 0.717) is 36.0 Å². The van der Waals surface area contributed by atoms with E-state index in [1.165, 1.54) is 39.0 Å². The fraction of sp³-hybridized carbons (Fsp3) is 0.567. The van der Waals surface area contributed by atoms with Gasteiger partial charge in [0.05, 0.1) is 41.7 Å². The lowest BCUT2D eigenvalue weighted by Crippen LogP contribution is -2.05. The number of hydrogen-bond acceptors (Lipinski definition) is 7. The molecule has 0 aliphatic heterocycles. The summed E-state index contributed by atoms with van der Waals surface area (Å²) in [5.41, 5.74) is 3.09. The summed E-state index contributed by atoms with van der Waals surface area (Å²) in [4.78, 5) is 10.7. The Morgan fingerprint density at radius 1 is 0.649 bits per heavy atom. The van der Waals surface area contributed by atoms with Gasteiger partial charge in [-0.2, -0.15) is 0 Å². The third kappa shape index (κ3) is 9.38. The minimum atomic E-state index is -0.190. The Morgan fingerprint density at radius 3 is 1.65 bits per heavy atom. The van der Waals surface area contributed by atoms with Crippen LogP contribution in [0.2, 0.25) is 0 Å². The molecule has 2 rings (SSSR count). The number of carbonyl (C=O) groups is 1. The summed E-state index contributed by atoms with van der Waals surface area (Å²) in [5.74, 6) is 3.05. The van der Waals surface area contributed by atoms with Crippen LogP contribution in [0.25, 0.3) is 0 Å². The summed E-state index contributed by atoms with van der Waals surface area (Å²) in [6.07, 6.45) is 9.87. The molecule has 0 heterocycles. The highest BCUT2D eigenvalue weighted by molar-refractivity contribution is 5.67. The highest BCUT2D eigenvalue weighted by Gasteiger charge is 2.25. The van der Waals surface area contributed by atoms with Crippen LogP contribution in [-0.2, 0) is 16.0 Å². The van der Waals surface area contributed by atoms with Gasteiger partial charge in [0, 0.05) is 24.5 Å². The molecule has 0 fully saturated rings. The largest absolute Gasteiger partial charge is 0.494 e. The fourth-order valence-corrected chi connectivity index (χ4v) is 4.44. The number of methoxy groups -OCH3 is 4. The molecule has 7 nitrogen and oxygen atoms in total. The zero-order chi connectivity index (χ0) is 27.0. The lowest BCUT2D eigenvalue weighted by atomic mass is 9.97. The Labute approximate surface area is 222 Å². The van der Waals surface area contributed by atoms with Crippen molar-refractivity contribution >= 4 is 5.97 Å². The second-order valence-electron chi connectivity index (χ2n) is 9.07. The van der Waals surface area contributed by atoms with Gasteiger partial charge in [0.15, 0.2) is 11.5 Å². The zero-order valence-corrected chi connectivity index (χ0v) is 23.4. The Hall–Kier alpha value is -3.09. The fourth-order valence-electron chi connectivity index (χ4n) is 4.44. The van der Waals surface area contributed by atoms with Crippen molar-refractivity contribution in [1.29, 1.82) is 0 Å². The quantitative estimate of drug-likeness (QED) is 0.162. The van der Waals surface area contributed by atoms with E-state index in [9.17, 15) is 4.79 Å². The molecule has 0 aliphatic carbocycles. The molecule has 206 valence electrons. The van der Waals surface area contributed by atoms with Crippen LogP contribution in [0.4, 0.5) is 0 Å². The molecule has 0 amide bonds. The van der Waals surface area contributed by atoms with Crippen molar-refractivity contribution in [2.75, 3.05) is 41.7 Å². The van der Waals surface area contributed by atoms with E-state index in [2.05, 4.69) is 12.1 Å². The van der Waals surface area contributed by atoms with Gasteiger partial charge in [-0.05, 0) is 37.5 Å². The average Bonchev–Trinajstić information content (AvgIpc) is 2.90. The topological polar surface area (TPSA) is 72.5 Å². The van der Waals surface area contributed by atoms with Crippen LogP contribution >= 0.6 is 0 Å². The third-order valence-corrected chi connectivity index (χ3v) is 6.42. The number of unbranched alkanes of at least 4 members (excludes halogenated alkanes) is 7. The summed E-state index contributed by atoms with van der Waals surface area (Å²) >= 11 is 0. The van der Waals surface area contributed by atoms with Crippen LogP contribution in [-0.4, -0.2) is 47.6 Å². The molecular formula is C30H44O7. The molecule has 0 spiro atoms. The average molecular weight is 517 g/mol. The van der Waals surface area contributed by atoms with Gasteiger partial charge in [0.1, 0.15) is 5.75 Å². The van der Waals surface area contributed by atoms with Crippen LogP contribution in [0.5, 0.6) is 28.7 Å². The van der Waals surface area contributed by atoms with Crippen molar-refractivity contribution in [1.82, 2.24) is 0 Å². The van der Waals surface area contributed by atoms with E-state index in [4.69, 9.17) is 28.4 Å². The van der Waals surface area contributed by atoms with Gasteiger partial charge in [-0.25, -0.2) is 0 Å². The maximum Gasteiger partial charge on any atom is 0.302 e. The first-order valence-corrected chi connectivity index (χ1v) is 13.2. The highest BCUT2D eigenvalue weighted by atomic mass is 16.5. The van der Waals surface area contributed by atoms with Gasteiger partial charge >= 0.3 is 5.97 Å². The lowest BCUT2D eigenvalue weighted by molar-refractivity contribution is -0.141. The number of ether oxygens (including phenoxy) is 6. The molecule has 37 heavy (non-hydrogen) atoms. The summed E-state index contributed by atoms with van der Waals surface area (Å²) in [6.45, 7) is 4.73. The van der Waals surface area contributed by atoms with Crippen LogP contribution in [0.15, 0.2) is 24.3 Å². The van der Waals surface area contributed by atoms with Crippen molar-refractivity contribution < 1.29 is 33.2 Å². The molecule has 0 radical (unpaired) electrons. The van der Waals surface area contributed by atoms with Gasteiger partial charge in [0.25, 0.3) is 0 Å². The van der Waals surface area contributed by atoms with Crippen molar-refractivity contribution in [2.24, 2.45) is 0 Å². The summed E-state index contributed by atoms with van der Waals surface area (Å²) in [5, 5.41) is 0. The second kappa shape index (κ2) is 16.6. The van der Waals surface area contributed by atoms with E-state index >= 15 is 0 Å². The van der Waals surface area contributed by atoms with E-state index in [1.807, 2.05) is 19.1 Å². The first kappa shape index (κ1) is 30.1. The van der Waals surface area contributed by atoms with Gasteiger partial charge in [-0.1, -0.05) is 50.7 Å². The predicted molar refractivity (Wildman–Crippen MR) is 146 cm³/mol. The van der Waals surface area contributed by atoms with Crippen molar-refractivity contribution in [3.05, 3.63) is 41.0 Å². The number of esters is 1. The normalized spacial score (nSPS) is 10.6. The molecule has 0 aliphatic rings. The van der Waals surface area contributed by atoms with E-state index in [1.54, 1.807) is 28.4 Å². The molecule has 0 N–H and O–H groups in total. The summed E-state index contributed by atoms with van der Waals surface area (Å²) in [6, 6.07) is 8.20. The van der Waals surface area contributed by atoms with Gasteiger partial charge < -0.3 is 28.4 Å². The molecule has 7 heteroatoms. The minimum absolute atomic E-state index is 0.190. The van der Waals surface area contributed by atoms with Gasteiger partial charge in [-0.3, -0.25) is 4.79 Å². The summed E-state index contributed by atoms with van der Waals surface area (Å²) in [7, 11) is 6.46. The van der Waals surface area contributed by atoms with Crippen LogP contribution in [0.1, 0.15) is 75.0 Å². The number of benzene rings is 2. The molecule has 0 aromatic heterocycles. The molecule has 0 saturated heterocycles. The first-order valence-electron chi connectivity index (χ1n) is 13.2. The Kier molecular flexibility index (Phi) is 13.5. The second-order valence-corrected chi connectivity index (χ2v) is 9.07.